The fraction of sp³-hybridized carbons (Fsp3) is 0.235. The lowest BCUT2D eigenvalue weighted by Crippen LogP contribution is -2.24. The first-order valence-electron chi connectivity index (χ1n) is 7.84. The molecule has 3 rings (SSSR count). The van der Waals surface area contributed by atoms with Crippen LogP contribution in [0.25, 0.3) is 0 Å². The molecule has 1 aliphatic carbocycles. The molecule has 0 radical (unpaired) electrons. The Kier molecular flexibility index (Phi) is 4.87. The lowest BCUT2D eigenvalue weighted by molar-refractivity contribution is -0.120. The zero-order valence-electron chi connectivity index (χ0n) is 14.0. The van der Waals surface area contributed by atoms with Crippen molar-refractivity contribution in [2.75, 3.05) is 12.4 Å². The fourth-order valence-electron chi connectivity index (χ4n) is 2.34. The van der Waals surface area contributed by atoms with E-state index < -0.39 is 11.2 Å². The third kappa shape index (κ3) is 3.66. The monoisotopic (exact) mass is 356 g/mol. The number of aliphatic imine (C=N–C) groups is 1. The van der Waals surface area contributed by atoms with Crippen molar-refractivity contribution < 1.29 is 13.9 Å². The number of methoxy groups -OCH3 is 1. The SMILES string of the molecule is COc1ncc(N/C=C\C(N)=NC(=O)C2(c3ncccn3)CC2)cc1F. The average Bonchev–Trinajstić information content (AvgIpc) is 3.45. The van der Waals surface area contributed by atoms with Gasteiger partial charge in [0.2, 0.25) is 5.88 Å². The number of carbonyl (C=O) groups is 1. The molecule has 2 aromatic heterocycles. The lowest BCUT2D eigenvalue weighted by Gasteiger charge is -2.08. The summed E-state index contributed by atoms with van der Waals surface area (Å²) in [5, 5.41) is 2.79. The normalized spacial score (nSPS) is 15.7. The average molecular weight is 356 g/mol. The fourth-order valence-corrected chi connectivity index (χ4v) is 2.34. The molecule has 134 valence electrons. The summed E-state index contributed by atoms with van der Waals surface area (Å²) in [7, 11) is 1.33. The van der Waals surface area contributed by atoms with Crippen molar-refractivity contribution in [2.45, 2.75) is 18.3 Å². The van der Waals surface area contributed by atoms with Gasteiger partial charge in [-0.2, -0.15) is 4.99 Å². The molecule has 0 spiro atoms. The van der Waals surface area contributed by atoms with Crippen molar-refractivity contribution in [3.05, 3.63) is 54.6 Å². The standard InChI is InChI=1S/C17H17FN6O2/c1-26-14-12(18)9-11(10-23-14)20-8-3-13(19)24-16(25)17(4-5-17)15-21-6-2-7-22-15/h2-3,6-10,20H,4-5H2,1H3,(H2,19,24,25)/b8-3-. The minimum atomic E-state index is -0.768. The van der Waals surface area contributed by atoms with Crippen molar-refractivity contribution in [3.8, 4) is 5.88 Å². The number of anilines is 1. The van der Waals surface area contributed by atoms with E-state index in [1.165, 1.54) is 31.6 Å². The minimum absolute atomic E-state index is 0.0200. The molecule has 1 fully saturated rings. The summed E-state index contributed by atoms with van der Waals surface area (Å²) in [6.07, 6.45) is 8.71. The summed E-state index contributed by atoms with van der Waals surface area (Å²) >= 11 is 0. The highest BCUT2D eigenvalue weighted by Gasteiger charge is 2.54. The van der Waals surface area contributed by atoms with Gasteiger partial charge in [0.15, 0.2) is 5.82 Å². The number of amidine groups is 1. The van der Waals surface area contributed by atoms with Crippen molar-refractivity contribution in [2.24, 2.45) is 10.7 Å². The van der Waals surface area contributed by atoms with Gasteiger partial charge >= 0.3 is 0 Å². The molecule has 1 amide bonds. The number of carbonyl (C=O) groups excluding carboxylic acids is 1. The smallest absolute Gasteiger partial charge is 0.261 e. The number of hydrogen-bond acceptors (Lipinski definition) is 6. The number of rotatable bonds is 6. The highest BCUT2D eigenvalue weighted by Crippen LogP contribution is 2.47. The van der Waals surface area contributed by atoms with Gasteiger partial charge in [0.05, 0.1) is 19.0 Å². The Balaban J connectivity index is 1.64. The zero-order chi connectivity index (χ0) is 18.6. The molecule has 8 nitrogen and oxygen atoms in total. The van der Waals surface area contributed by atoms with E-state index in [-0.39, 0.29) is 17.6 Å². The number of nitrogens with one attached hydrogen (secondary N) is 1. The molecule has 0 saturated heterocycles. The van der Waals surface area contributed by atoms with Crippen LogP contribution in [-0.2, 0) is 10.2 Å². The van der Waals surface area contributed by atoms with Crippen LogP contribution >= 0.6 is 0 Å². The molecule has 0 unspecified atom stereocenters. The van der Waals surface area contributed by atoms with Crippen LogP contribution < -0.4 is 15.8 Å². The van der Waals surface area contributed by atoms with E-state index in [0.717, 1.165) is 0 Å². The van der Waals surface area contributed by atoms with Crippen molar-refractivity contribution >= 4 is 17.4 Å². The second-order valence-corrected chi connectivity index (χ2v) is 5.69. The molecule has 0 aromatic carbocycles. The van der Waals surface area contributed by atoms with E-state index >= 15 is 0 Å². The molecular weight excluding hydrogens is 339 g/mol. The molecule has 0 bridgehead atoms. The zero-order valence-corrected chi connectivity index (χ0v) is 14.0. The lowest BCUT2D eigenvalue weighted by atomic mass is 10.1. The van der Waals surface area contributed by atoms with Gasteiger partial charge in [-0.3, -0.25) is 4.79 Å². The van der Waals surface area contributed by atoms with Crippen LogP contribution in [0.1, 0.15) is 18.7 Å². The number of pyridine rings is 1. The van der Waals surface area contributed by atoms with Crippen LogP contribution in [0.5, 0.6) is 5.88 Å². The number of halogens is 1. The first kappa shape index (κ1) is 17.5. The maximum absolute atomic E-state index is 13.6. The van der Waals surface area contributed by atoms with Crippen molar-refractivity contribution in [1.82, 2.24) is 15.0 Å². The number of ether oxygens (including phenoxy) is 1. The predicted molar refractivity (Wildman–Crippen MR) is 93.1 cm³/mol. The van der Waals surface area contributed by atoms with E-state index in [1.807, 2.05) is 0 Å². The summed E-state index contributed by atoms with van der Waals surface area (Å²) < 4.78 is 18.3. The van der Waals surface area contributed by atoms with Gasteiger partial charge in [-0.1, -0.05) is 0 Å². The van der Waals surface area contributed by atoms with E-state index in [0.29, 0.717) is 24.4 Å². The molecule has 2 heterocycles. The molecule has 9 heteroatoms. The van der Waals surface area contributed by atoms with Crippen LogP contribution in [0.3, 0.4) is 0 Å². The first-order chi connectivity index (χ1) is 12.5. The van der Waals surface area contributed by atoms with Gasteiger partial charge < -0.3 is 15.8 Å². The Bertz CT molecular complexity index is 865. The summed E-state index contributed by atoms with van der Waals surface area (Å²) in [6, 6.07) is 2.91. The van der Waals surface area contributed by atoms with E-state index in [2.05, 4.69) is 25.3 Å². The molecule has 0 aliphatic heterocycles. The Hall–Kier alpha value is -3.36. The topological polar surface area (TPSA) is 115 Å². The molecular formula is C17H17FN6O2. The van der Waals surface area contributed by atoms with Gasteiger partial charge in [-0.15, -0.1) is 0 Å². The molecule has 1 saturated carbocycles. The number of aromatic nitrogens is 3. The molecule has 0 atom stereocenters. The van der Waals surface area contributed by atoms with Crippen LogP contribution in [0.2, 0.25) is 0 Å². The van der Waals surface area contributed by atoms with E-state index in [4.69, 9.17) is 10.5 Å². The highest BCUT2D eigenvalue weighted by molar-refractivity contribution is 6.04. The first-order valence-corrected chi connectivity index (χ1v) is 7.84. The quantitative estimate of drug-likeness (QED) is 0.596. The second-order valence-electron chi connectivity index (χ2n) is 5.69. The van der Waals surface area contributed by atoms with Crippen LogP contribution in [0.4, 0.5) is 10.1 Å². The third-order valence-corrected chi connectivity index (χ3v) is 3.89. The minimum Gasteiger partial charge on any atom is -0.479 e. The third-order valence-electron chi connectivity index (χ3n) is 3.89. The number of nitrogens with zero attached hydrogens (tertiary/aromatic N) is 4. The van der Waals surface area contributed by atoms with E-state index in [9.17, 15) is 9.18 Å². The van der Waals surface area contributed by atoms with Crippen LogP contribution in [0.15, 0.2) is 48.0 Å². The van der Waals surface area contributed by atoms with E-state index in [1.54, 1.807) is 18.5 Å². The second kappa shape index (κ2) is 7.26. The Morgan fingerprint density at radius 3 is 2.73 bits per heavy atom. The number of amides is 1. The van der Waals surface area contributed by atoms with Gasteiger partial charge in [0.1, 0.15) is 17.1 Å². The summed E-state index contributed by atoms with van der Waals surface area (Å²) in [5.74, 6) is -0.580. The number of hydrogen-bond donors (Lipinski definition) is 2. The molecule has 1 aliphatic rings. The largest absolute Gasteiger partial charge is 0.479 e. The summed E-state index contributed by atoms with van der Waals surface area (Å²) in [6.45, 7) is 0. The Morgan fingerprint density at radius 1 is 1.38 bits per heavy atom. The maximum atomic E-state index is 13.6. The van der Waals surface area contributed by atoms with Gasteiger partial charge in [0.25, 0.3) is 5.91 Å². The molecule has 26 heavy (non-hydrogen) atoms. The maximum Gasteiger partial charge on any atom is 0.261 e. The highest BCUT2D eigenvalue weighted by atomic mass is 19.1. The predicted octanol–water partition coefficient (Wildman–Crippen LogP) is 1.56. The molecule has 3 N–H and O–H groups in total. The van der Waals surface area contributed by atoms with Gasteiger partial charge in [-0.25, -0.2) is 19.3 Å². The van der Waals surface area contributed by atoms with Crippen LogP contribution in [0, 0.1) is 5.82 Å². The Labute approximate surface area is 149 Å². The Morgan fingerprint density at radius 2 is 2.12 bits per heavy atom. The van der Waals surface area contributed by atoms with Crippen LogP contribution in [-0.4, -0.2) is 33.8 Å². The number of nitrogens with two attached hydrogens (primary N) is 1. The summed E-state index contributed by atoms with van der Waals surface area (Å²) in [5.41, 5.74) is 5.40. The van der Waals surface area contributed by atoms with Gasteiger partial charge in [0, 0.05) is 24.7 Å². The molecule has 2 aromatic rings. The summed E-state index contributed by atoms with van der Waals surface area (Å²) in [4.78, 5) is 28.4. The van der Waals surface area contributed by atoms with Gasteiger partial charge in [-0.05, 0) is 25.0 Å². The van der Waals surface area contributed by atoms with Crippen molar-refractivity contribution in [1.29, 1.82) is 0 Å². The van der Waals surface area contributed by atoms with Crippen molar-refractivity contribution in [3.63, 3.8) is 0 Å².